The number of hydrogen-bond donors (Lipinski definition) is 1. The SMILES string of the molecule is CCc1ccc(NC(=O)c2cc(S(=O)(=O)N3CCN(c4cc(C)ccc4C)CC3)ccc2F)cc1. The summed E-state index contributed by atoms with van der Waals surface area (Å²) in [5.74, 6) is -1.46. The van der Waals surface area contributed by atoms with E-state index in [9.17, 15) is 17.6 Å². The fourth-order valence-corrected chi connectivity index (χ4v) is 5.69. The highest BCUT2D eigenvalue weighted by molar-refractivity contribution is 7.89. The summed E-state index contributed by atoms with van der Waals surface area (Å²) in [6.07, 6.45) is 0.863. The van der Waals surface area contributed by atoms with Crippen LogP contribution in [-0.2, 0) is 16.4 Å². The van der Waals surface area contributed by atoms with E-state index in [-0.39, 0.29) is 10.5 Å². The third kappa shape index (κ3) is 5.39. The van der Waals surface area contributed by atoms with Crippen molar-refractivity contribution in [2.24, 2.45) is 0 Å². The molecule has 0 unspecified atom stereocenters. The van der Waals surface area contributed by atoms with Crippen LogP contribution in [0.3, 0.4) is 0 Å². The van der Waals surface area contributed by atoms with Crippen LogP contribution in [0, 0.1) is 19.7 Å². The summed E-state index contributed by atoms with van der Waals surface area (Å²) >= 11 is 0. The lowest BCUT2D eigenvalue weighted by Gasteiger charge is -2.36. The number of rotatable bonds is 6. The summed E-state index contributed by atoms with van der Waals surface area (Å²) in [6, 6.07) is 16.9. The molecule has 0 saturated carbocycles. The maximum atomic E-state index is 14.5. The molecule has 1 aliphatic heterocycles. The zero-order valence-corrected chi connectivity index (χ0v) is 21.0. The molecule has 3 aromatic carbocycles. The van der Waals surface area contributed by atoms with Gasteiger partial charge in [0.1, 0.15) is 5.82 Å². The number of carbonyl (C=O) groups excluding carboxylic acids is 1. The van der Waals surface area contributed by atoms with E-state index in [1.165, 1.54) is 10.4 Å². The summed E-state index contributed by atoms with van der Waals surface area (Å²) in [7, 11) is -3.88. The van der Waals surface area contributed by atoms with E-state index in [1.54, 1.807) is 12.1 Å². The number of anilines is 2. The molecule has 1 heterocycles. The van der Waals surface area contributed by atoms with Crippen LogP contribution in [0.4, 0.5) is 15.8 Å². The van der Waals surface area contributed by atoms with E-state index in [4.69, 9.17) is 0 Å². The van der Waals surface area contributed by atoms with Gasteiger partial charge in [0.2, 0.25) is 10.0 Å². The second-order valence-electron chi connectivity index (χ2n) is 8.83. The second kappa shape index (κ2) is 10.2. The van der Waals surface area contributed by atoms with Gasteiger partial charge in [-0.15, -0.1) is 0 Å². The molecule has 6 nitrogen and oxygen atoms in total. The van der Waals surface area contributed by atoms with Crippen molar-refractivity contribution in [1.29, 1.82) is 0 Å². The van der Waals surface area contributed by atoms with Crippen LogP contribution in [0.25, 0.3) is 0 Å². The molecule has 0 aromatic heterocycles. The fourth-order valence-electron chi connectivity index (χ4n) is 4.24. The Bertz CT molecular complexity index is 1330. The average molecular weight is 496 g/mol. The van der Waals surface area contributed by atoms with E-state index in [0.29, 0.717) is 31.9 Å². The lowest BCUT2D eigenvalue weighted by Crippen LogP contribution is -2.48. The van der Waals surface area contributed by atoms with E-state index in [0.717, 1.165) is 40.9 Å². The molecule has 0 bridgehead atoms. The summed E-state index contributed by atoms with van der Waals surface area (Å²) in [4.78, 5) is 14.8. The normalized spacial score (nSPS) is 14.7. The number of aryl methyl sites for hydroxylation is 3. The number of piperazine rings is 1. The molecule has 1 amide bonds. The van der Waals surface area contributed by atoms with Crippen LogP contribution in [-0.4, -0.2) is 44.8 Å². The van der Waals surface area contributed by atoms with Gasteiger partial charge in [-0.2, -0.15) is 4.31 Å². The van der Waals surface area contributed by atoms with E-state index in [1.807, 2.05) is 32.9 Å². The fraction of sp³-hybridized carbons (Fsp3) is 0.296. The highest BCUT2D eigenvalue weighted by Crippen LogP contribution is 2.26. The minimum atomic E-state index is -3.88. The van der Waals surface area contributed by atoms with Crippen molar-refractivity contribution < 1.29 is 17.6 Å². The largest absolute Gasteiger partial charge is 0.369 e. The van der Waals surface area contributed by atoms with Crippen LogP contribution in [0.5, 0.6) is 0 Å². The number of carbonyl (C=O) groups is 1. The van der Waals surface area contributed by atoms with Gasteiger partial charge < -0.3 is 10.2 Å². The van der Waals surface area contributed by atoms with Crippen LogP contribution >= 0.6 is 0 Å². The van der Waals surface area contributed by atoms with Gasteiger partial charge >= 0.3 is 0 Å². The molecule has 0 spiro atoms. The molecule has 1 N–H and O–H groups in total. The molecule has 1 aliphatic rings. The number of benzene rings is 3. The monoisotopic (exact) mass is 495 g/mol. The molecule has 1 saturated heterocycles. The molecule has 0 atom stereocenters. The molecule has 35 heavy (non-hydrogen) atoms. The molecule has 8 heteroatoms. The third-order valence-electron chi connectivity index (χ3n) is 6.38. The Morgan fingerprint density at radius 3 is 2.29 bits per heavy atom. The first-order valence-corrected chi connectivity index (χ1v) is 13.1. The first-order valence-electron chi connectivity index (χ1n) is 11.7. The Kier molecular flexibility index (Phi) is 7.23. The Morgan fingerprint density at radius 2 is 1.63 bits per heavy atom. The van der Waals surface area contributed by atoms with Crippen molar-refractivity contribution in [3.63, 3.8) is 0 Å². The molecular formula is C27H30FN3O3S. The van der Waals surface area contributed by atoms with Crippen molar-refractivity contribution in [3.8, 4) is 0 Å². The van der Waals surface area contributed by atoms with E-state index < -0.39 is 21.7 Å². The van der Waals surface area contributed by atoms with Gasteiger partial charge in [0.05, 0.1) is 10.5 Å². The Labute approximate surface area is 206 Å². The first kappa shape index (κ1) is 24.9. The maximum absolute atomic E-state index is 14.5. The van der Waals surface area contributed by atoms with E-state index >= 15 is 0 Å². The lowest BCUT2D eigenvalue weighted by atomic mass is 10.1. The summed E-state index contributed by atoms with van der Waals surface area (Å²) in [6.45, 7) is 7.81. The van der Waals surface area contributed by atoms with Gasteiger partial charge in [-0.1, -0.05) is 31.2 Å². The Balaban J connectivity index is 1.50. The molecule has 4 rings (SSSR count). The molecule has 3 aromatic rings. The van der Waals surface area contributed by atoms with Gasteiger partial charge in [0, 0.05) is 37.6 Å². The van der Waals surface area contributed by atoms with Crippen LogP contribution in [0.2, 0.25) is 0 Å². The number of sulfonamides is 1. The summed E-state index contributed by atoms with van der Waals surface area (Å²) in [5.41, 5.74) is 4.72. The van der Waals surface area contributed by atoms with Crippen molar-refractivity contribution >= 4 is 27.3 Å². The van der Waals surface area contributed by atoms with Crippen molar-refractivity contribution in [3.05, 3.63) is 88.7 Å². The molecule has 0 radical (unpaired) electrons. The number of halogens is 1. The minimum Gasteiger partial charge on any atom is -0.369 e. The zero-order chi connectivity index (χ0) is 25.2. The standard InChI is InChI=1S/C27H30FN3O3S/c1-4-21-7-9-22(10-8-21)29-27(32)24-18-23(11-12-25(24)28)35(33,34)31-15-13-30(14-16-31)26-17-19(2)5-6-20(26)3/h5-12,17-18H,4,13-16H2,1-3H3,(H,29,32). The third-order valence-corrected chi connectivity index (χ3v) is 8.28. The zero-order valence-electron chi connectivity index (χ0n) is 20.2. The topological polar surface area (TPSA) is 69.7 Å². The summed E-state index contributed by atoms with van der Waals surface area (Å²) in [5, 5.41) is 2.65. The van der Waals surface area contributed by atoms with Crippen molar-refractivity contribution in [1.82, 2.24) is 4.31 Å². The van der Waals surface area contributed by atoms with Crippen LogP contribution in [0.1, 0.15) is 34.0 Å². The van der Waals surface area contributed by atoms with Gasteiger partial charge in [-0.25, -0.2) is 12.8 Å². The number of hydrogen-bond acceptors (Lipinski definition) is 4. The molecule has 0 aliphatic carbocycles. The molecule has 184 valence electrons. The summed E-state index contributed by atoms with van der Waals surface area (Å²) < 4.78 is 42.5. The second-order valence-corrected chi connectivity index (χ2v) is 10.8. The van der Waals surface area contributed by atoms with Crippen molar-refractivity contribution in [2.75, 3.05) is 36.4 Å². The van der Waals surface area contributed by atoms with Crippen LogP contribution < -0.4 is 10.2 Å². The molecule has 1 fully saturated rings. The molecular weight excluding hydrogens is 465 g/mol. The predicted octanol–water partition coefficient (Wildman–Crippen LogP) is 4.77. The quantitative estimate of drug-likeness (QED) is 0.535. The Morgan fingerprint density at radius 1 is 0.943 bits per heavy atom. The minimum absolute atomic E-state index is 0.0921. The maximum Gasteiger partial charge on any atom is 0.258 e. The van der Waals surface area contributed by atoms with Gasteiger partial charge in [-0.3, -0.25) is 4.79 Å². The Hall–Kier alpha value is -3.23. The average Bonchev–Trinajstić information content (AvgIpc) is 2.86. The highest BCUT2D eigenvalue weighted by atomic mass is 32.2. The van der Waals surface area contributed by atoms with Gasteiger partial charge in [0.25, 0.3) is 5.91 Å². The van der Waals surface area contributed by atoms with Gasteiger partial charge in [0.15, 0.2) is 0 Å². The highest BCUT2D eigenvalue weighted by Gasteiger charge is 2.30. The van der Waals surface area contributed by atoms with E-state index in [2.05, 4.69) is 28.4 Å². The number of nitrogens with one attached hydrogen (secondary N) is 1. The van der Waals surface area contributed by atoms with Gasteiger partial charge in [-0.05, 0) is 73.4 Å². The van der Waals surface area contributed by atoms with Crippen LogP contribution in [0.15, 0.2) is 65.6 Å². The smallest absolute Gasteiger partial charge is 0.258 e. The number of amides is 1. The number of nitrogens with zero attached hydrogens (tertiary/aromatic N) is 2. The predicted molar refractivity (Wildman–Crippen MR) is 137 cm³/mol. The lowest BCUT2D eigenvalue weighted by molar-refractivity contribution is 0.102. The first-order chi connectivity index (χ1) is 16.7. The van der Waals surface area contributed by atoms with Crippen molar-refractivity contribution in [2.45, 2.75) is 32.1 Å².